The van der Waals surface area contributed by atoms with Gasteiger partial charge in [-0.2, -0.15) is 0 Å². The molecule has 0 radical (unpaired) electrons. The number of imidazole rings is 2. The monoisotopic (exact) mass is 954 g/mol. The molecule has 0 fully saturated rings. The number of nitrogens with zero attached hydrogens (tertiary/aromatic N) is 4. The minimum Gasteiger partial charge on any atom is -0.507 e. The van der Waals surface area contributed by atoms with Gasteiger partial charge in [-0.25, -0.2) is 9.97 Å². The number of phenols is 1. The highest BCUT2D eigenvalue weighted by Crippen LogP contribution is 2.48. The zero-order valence-electron chi connectivity index (χ0n) is 43.1. The number of hydrogen-bond donors (Lipinski definition) is 1. The van der Waals surface area contributed by atoms with Crippen LogP contribution in [0.3, 0.4) is 0 Å². The molecule has 7 heteroatoms. The van der Waals surface area contributed by atoms with E-state index in [1.54, 1.807) is 0 Å². The molecule has 0 amide bonds. The predicted octanol–water partition coefficient (Wildman–Crippen LogP) is 18.3. The Balaban J connectivity index is 1.16. The number of para-hydroxylation sites is 4. The molecule has 8 aromatic carbocycles. The van der Waals surface area contributed by atoms with Crippen molar-refractivity contribution in [3.63, 3.8) is 0 Å². The van der Waals surface area contributed by atoms with Crippen molar-refractivity contribution in [2.24, 2.45) is 0 Å². The van der Waals surface area contributed by atoms with Crippen LogP contribution in [0.2, 0.25) is 0 Å². The molecule has 0 spiro atoms. The molecular formula is C66H58N4O3. The summed E-state index contributed by atoms with van der Waals surface area (Å²) in [6, 6.07) is 53.6. The van der Waals surface area contributed by atoms with E-state index >= 15 is 0 Å². The molecule has 0 saturated heterocycles. The third-order valence-corrected chi connectivity index (χ3v) is 15.2. The van der Waals surface area contributed by atoms with Crippen molar-refractivity contribution in [2.75, 3.05) is 0 Å². The van der Waals surface area contributed by atoms with E-state index in [4.69, 9.17) is 18.8 Å². The average molecular weight is 955 g/mol. The molecule has 0 unspecified atom stereocenters. The topological polar surface area (TPSA) is 81.6 Å². The Morgan fingerprint density at radius 1 is 0.493 bits per heavy atom. The number of furan rings is 2. The largest absolute Gasteiger partial charge is 0.507 e. The van der Waals surface area contributed by atoms with Gasteiger partial charge in [-0.1, -0.05) is 160 Å². The summed E-state index contributed by atoms with van der Waals surface area (Å²) in [5.41, 5.74) is 18.6. The van der Waals surface area contributed by atoms with E-state index in [2.05, 4.69) is 206 Å². The molecule has 7 nitrogen and oxygen atoms in total. The lowest BCUT2D eigenvalue weighted by molar-refractivity contribution is 0.446. The predicted molar refractivity (Wildman–Crippen MR) is 303 cm³/mol. The summed E-state index contributed by atoms with van der Waals surface area (Å²) < 4.78 is 18.0. The Morgan fingerprint density at radius 2 is 1.11 bits per heavy atom. The van der Waals surface area contributed by atoms with Crippen molar-refractivity contribution in [1.82, 2.24) is 18.9 Å². The lowest BCUT2D eigenvalue weighted by Gasteiger charge is -2.28. The van der Waals surface area contributed by atoms with E-state index in [9.17, 15) is 5.11 Å². The van der Waals surface area contributed by atoms with Crippen molar-refractivity contribution < 1.29 is 13.9 Å². The highest BCUT2D eigenvalue weighted by molar-refractivity contribution is 6.23. The first kappa shape index (κ1) is 44.8. The summed E-state index contributed by atoms with van der Waals surface area (Å²) >= 11 is 0. The number of aromatic hydroxyl groups is 1. The van der Waals surface area contributed by atoms with Crippen molar-refractivity contribution >= 4 is 82.5 Å². The van der Waals surface area contributed by atoms with E-state index < -0.39 is 0 Å². The first-order valence-electron chi connectivity index (χ1n) is 25.7. The van der Waals surface area contributed by atoms with Gasteiger partial charge in [-0.05, 0) is 111 Å². The number of aromatic nitrogens is 4. The molecule has 0 aliphatic heterocycles. The normalized spacial score (nSPS) is 12.8. The van der Waals surface area contributed by atoms with Gasteiger partial charge in [0.25, 0.3) is 0 Å². The third-order valence-electron chi connectivity index (χ3n) is 15.2. The molecule has 0 saturated carbocycles. The zero-order valence-corrected chi connectivity index (χ0v) is 43.1. The van der Waals surface area contributed by atoms with Crippen LogP contribution in [0.4, 0.5) is 0 Å². The minimum absolute atomic E-state index is 0.155. The number of benzene rings is 8. The molecule has 1 N–H and O–H groups in total. The number of rotatable bonds is 6. The summed E-state index contributed by atoms with van der Waals surface area (Å²) in [4.78, 5) is 11.5. The van der Waals surface area contributed by atoms with Crippen molar-refractivity contribution in [1.29, 1.82) is 0 Å². The SMILES string of the molecule is CC(C)c1cc(-c2ccccc2)cc(C(C)C)c1-n1c(-c2cc(C(C)(C)C)cc(C(C)(C)C)c2O)nc2c(-c3cccc4c3nc3c5cc6oc7ccccc7c6cc5c5oc6ccccc6c5n43)cccc21. The van der Waals surface area contributed by atoms with Gasteiger partial charge in [0, 0.05) is 43.6 Å². The van der Waals surface area contributed by atoms with E-state index in [0.717, 1.165) is 110 Å². The maximum Gasteiger partial charge on any atom is 0.160 e. The second-order valence-electron chi connectivity index (χ2n) is 22.8. The molecule has 73 heavy (non-hydrogen) atoms. The van der Waals surface area contributed by atoms with Crippen LogP contribution in [0.1, 0.15) is 103 Å². The number of pyridine rings is 1. The Hall–Kier alpha value is -8.16. The summed E-state index contributed by atoms with van der Waals surface area (Å²) in [5.74, 6) is 1.26. The van der Waals surface area contributed by atoms with Gasteiger partial charge in [0.1, 0.15) is 39.5 Å². The van der Waals surface area contributed by atoms with Crippen LogP contribution in [0, 0.1) is 0 Å². The first-order valence-corrected chi connectivity index (χ1v) is 25.7. The fraction of sp³-hybridized carbons (Fsp3) is 0.212. The lowest BCUT2D eigenvalue weighted by Crippen LogP contribution is -2.17. The highest BCUT2D eigenvalue weighted by Gasteiger charge is 2.31. The van der Waals surface area contributed by atoms with Crippen molar-refractivity contribution in [3.8, 4) is 45.1 Å². The molecule has 5 heterocycles. The average Bonchev–Trinajstić information content (AvgIpc) is 4.15. The van der Waals surface area contributed by atoms with Crippen LogP contribution in [-0.2, 0) is 10.8 Å². The van der Waals surface area contributed by atoms with E-state index in [1.807, 2.05) is 24.3 Å². The molecular weight excluding hydrogens is 897 g/mol. The van der Waals surface area contributed by atoms with Crippen LogP contribution >= 0.6 is 0 Å². The maximum absolute atomic E-state index is 12.8. The highest BCUT2D eigenvalue weighted by atomic mass is 16.3. The summed E-state index contributed by atoms with van der Waals surface area (Å²) in [5, 5.41) is 17.8. The molecule has 0 atom stereocenters. The Bertz CT molecular complexity index is 4380. The van der Waals surface area contributed by atoms with Gasteiger partial charge in [-0.15, -0.1) is 0 Å². The standard InChI is InChI=1S/C66H58N4O3/c1-36(2)45-30-39(38-20-12-11-13-21-38)31-46(37(3)4)59(45)69-52-26-18-24-42(57(52)68-64(69)50-32-40(65(5,6)7)33-51(61(50)71)66(8,9)10)43-25-19-27-53-58(43)67-63-49-35-56-47(41-22-14-16-28-54(41)72-56)34-48(49)62-60(70(53)63)44-23-15-17-29-55(44)73-62/h11-37,71H,1-10H3. The molecule has 13 rings (SSSR count). The molecule has 360 valence electrons. The van der Waals surface area contributed by atoms with Gasteiger partial charge >= 0.3 is 0 Å². The maximum atomic E-state index is 12.8. The number of fused-ring (bicyclic) bond motifs is 14. The Labute approximate surface area is 424 Å². The minimum atomic E-state index is -0.351. The van der Waals surface area contributed by atoms with Crippen LogP contribution < -0.4 is 0 Å². The van der Waals surface area contributed by atoms with E-state index in [1.165, 1.54) is 22.3 Å². The molecule has 0 bridgehead atoms. The molecule has 5 aromatic heterocycles. The lowest BCUT2D eigenvalue weighted by atomic mass is 9.78. The Kier molecular flexibility index (Phi) is 9.76. The van der Waals surface area contributed by atoms with Gasteiger partial charge in [0.15, 0.2) is 5.58 Å². The summed E-state index contributed by atoms with van der Waals surface area (Å²) in [7, 11) is 0. The summed E-state index contributed by atoms with van der Waals surface area (Å²) in [6.07, 6.45) is 0. The second-order valence-corrected chi connectivity index (χ2v) is 22.8. The smallest absolute Gasteiger partial charge is 0.160 e. The van der Waals surface area contributed by atoms with Gasteiger partial charge in [0.05, 0.1) is 33.3 Å². The number of phenolic OH excluding ortho intramolecular Hbond substituents is 1. The van der Waals surface area contributed by atoms with Crippen LogP contribution in [0.25, 0.3) is 122 Å². The van der Waals surface area contributed by atoms with Gasteiger partial charge < -0.3 is 13.9 Å². The van der Waals surface area contributed by atoms with E-state index in [-0.39, 0.29) is 28.4 Å². The first-order chi connectivity index (χ1) is 35.0. The Morgan fingerprint density at radius 3 is 1.77 bits per heavy atom. The van der Waals surface area contributed by atoms with Crippen LogP contribution in [0.15, 0.2) is 160 Å². The van der Waals surface area contributed by atoms with Crippen LogP contribution in [0.5, 0.6) is 5.75 Å². The second kappa shape index (κ2) is 15.9. The zero-order chi connectivity index (χ0) is 50.4. The molecule has 0 aliphatic rings. The van der Waals surface area contributed by atoms with Crippen molar-refractivity contribution in [3.05, 3.63) is 174 Å². The van der Waals surface area contributed by atoms with Gasteiger partial charge in [0.2, 0.25) is 0 Å². The van der Waals surface area contributed by atoms with Gasteiger partial charge in [-0.3, -0.25) is 8.97 Å². The molecule has 0 aliphatic carbocycles. The fourth-order valence-corrected chi connectivity index (χ4v) is 11.5. The molecule has 13 aromatic rings. The quantitative estimate of drug-likeness (QED) is 0.180. The van der Waals surface area contributed by atoms with E-state index in [0.29, 0.717) is 11.4 Å². The summed E-state index contributed by atoms with van der Waals surface area (Å²) in [6.45, 7) is 22.4. The third kappa shape index (κ3) is 6.77. The van der Waals surface area contributed by atoms with Crippen LogP contribution in [-0.4, -0.2) is 24.0 Å². The number of hydrogen-bond acceptors (Lipinski definition) is 5. The fourth-order valence-electron chi connectivity index (χ4n) is 11.5. The van der Waals surface area contributed by atoms with Crippen molar-refractivity contribution in [2.45, 2.75) is 91.9 Å².